The van der Waals surface area contributed by atoms with Crippen molar-refractivity contribution in [2.45, 2.75) is 34.1 Å². The lowest BCUT2D eigenvalue weighted by Gasteiger charge is -2.09. The van der Waals surface area contributed by atoms with Gasteiger partial charge in [-0.2, -0.15) is 0 Å². The van der Waals surface area contributed by atoms with Crippen molar-refractivity contribution >= 4 is 23.8 Å². The number of methoxy groups -OCH3 is 1. The number of hydrogen-bond acceptors (Lipinski definition) is 5. The SMILES string of the molecule is CC.CCOC(=O)C1=C(C=O)c2c(C(=O)OC)ccc(C)c2C1. The third-order valence-corrected chi connectivity index (χ3v) is 3.54. The van der Waals surface area contributed by atoms with Gasteiger partial charge in [-0.05, 0) is 31.0 Å². The van der Waals surface area contributed by atoms with Crippen LogP contribution < -0.4 is 0 Å². The third-order valence-electron chi connectivity index (χ3n) is 3.54. The number of esters is 2. The van der Waals surface area contributed by atoms with Crippen molar-refractivity contribution in [2.24, 2.45) is 0 Å². The van der Waals surface area contributed by atoms with Crippen LogP contribution in [0.1, 0.15) is 47.8 Å². The fourth-order valence-electron chi connectivity index (χ4n) is 2.52. The standard InChI is InChI=1S/C16H16O5.C2H6/c1-4-21-16(19)12-7-11-9(2)5-6-10(15(18)20-3)14(11)13(12)8-17;1-2/h5-6,8H,4,7H2,1-3H3;1-2H3. The van der Waals surface area contributed by atoms with Gasteiger partial charge in [-0.15, -0.1) is 0 Å². The van der Waals surface area contributed by atoms with Crippen molar-refractivity contribution in [2.75, 3.05) is 13.7 Å². The zero-order valence-corrected chi connectivity index (χ0v) is 14.2. The molecule has 0 saturated heterocycles. The van der Waals surface area contributed by atoms with E-state index in [0.717, 1.165) is 11.1 Å². The van der Waals surface area contributed by atoms with Gasteiger partial charge in [0.25, 0.3) is 0 Å². The highest BCUT2D eigenvalue weighted by molar-refractivity contribution is 6.21. The second-order valence-electron chi connectivity index (χ2n) is 4.68. The van der Waals surface area contributed by atoms with E-state index in [1.165, 1.54) is 7.11 Å². The Kier molecular flexibility index (Phi) is 6.69. The molecule has 5 heteroatoms. The van der Waals surface area contributed by atoms with Gasteiger partial charge in [-0.1, -0.05) is 19.9 Å². The van der Waals surface area contributed by atoms with Crippen molar-refractivity contribution in [1.82, 2.24) is 0 Å². The van der Waals surface area contributed by atoms with Gasteiger partial charge in [0.2, 0.25) is 0 Å². The fraction of sp³-hybridized carbons (Fsp3) is 0.389. The average molecular weight is 318 g/mol. The predicted octanol–water partition coefficient (Wildman–Crippen LogP) is 2.88. The zero-order valence-electron chi connectivity index (χ0n) is 14.2. The first-order valence-corrected chi connectivity index (χ1v) is 7.61. The summed E-state index contributed by atoms with van der Waals surface area (Å²) in [4.78, 5) is 35.3. The highest BCUT2D eigenvalue weighted by Crippen LogP contribution is 2.37. The van der Waals surface area contributed by atoms with E-state index in [0.29, 0.717) is 29.4 Å². The molecule has 1 aliphatic rings. The number of aldehydes is 1. The van der Waals surface area contributed by atoms with Gasteiger partial charge in [0.05, 0.1) is 24.9 Å². The molecule has 0 amide bonds. The number of fused-ring (bicyclic) bond motifs is 1. The topological polar surface area (TPSA) is 69.7 Å². The van der Waals surface area contributed by atoms with Crippen LogP contribution >= 0.6 is 0 Å². The van der Waals surface area contributed by atoms with Crippen molar-refractivity contribution in [3.8, 4) is 0 Å². The third kappa shape index (κ3) is 3.50. The number of aryl methyl sites for hydroxylation is 1. The van der Waals surface area contributed by atoms with Gasteiger partial charge in [0.1, 0.15) is 0 Å². The molecule has 5 nitrogen and oxygen atoms in total. The number of carbonyl (C=O) groups is 3. The molecule has 1 aromatic carbocycles. The van der Waals surface area contributed by atoms with E-state index in [1.807, 2.05) is 20.8 Å². The molecular formula is C18H22O5. The van der Waals surface area contributed by atoms with Gasteiger partial charge in [-0.3, -0.25) is 4.79 Å². The summed E-state index contributed by atoms with van der Waals surface area (Å²) in [6.07, 6.45) is 0.892. The second kappa shape index (κ2) is 8.27. The summed E-state index contributed by atoms with van der Waals surface area (Å²) in [6.45, 7) is 7.80. The maximum absolute atomic E-state index is 12.0. The minimum absolute atomic E-state index is 0.215. The van der Waals surface area contributed by atoms with E-state index in [-0.39, 0.29) is 12.2 Å². The van der Waals surface area contributed by atoms with Crippen LogP contribution in [0.4, 0.5) is 0 Å². The van der Waals surface area contributed by atoms with Crippen LogP contribution in [0.15, 0.2) is 17.7 Å². The number of benzene rings is 1. The van der Waals surface area contributed by atoms with Crippen molar-refractivity contribution < 1.29 is 23.9 Å². The molecule has 0 bridgehead atoms. The molecule has 0 unspecified atom stereocenters. The molecule has 0 aliphatic heterocycles. The van der Waals surface area contributed by atoms with E-state index in [1.54, 1.807) is 19.1 Å². The number of carbonyl (C=O) groups excluding carboxylic acids is 3. The Morgan fingerprint density at radius 1 is 1.22 bits per heavy atom. The molecule has 2 rings (SSSR count). The monoisotopic (exact) mass is 318 g/mol. The molecule has 0 aromatic heterocycles. The van der Waals surface area contributed by atoms with Crippen molar-refractivity contribution in [3.63, 3.8) is 0 Å². The summed E-state index contributed by atoms with van der Waals surface area (Å²) in [6, 6.07) is 3.39. The molecule has 0 N–H and O–H groups in total. The van der Waals surface area contributed by atoms with Crippen LogP contribution in [0.25, 0.3) is 5.57 Å². The van der Waals surface area contributed by atoms with Gasteiger partial charge in [0, 0.05) is 17.6 Å². The maximum atomic E-state index is 12.0. The van der Waals surface area contributed by atoms with Crippen LogP contribution in [0, 0.1) is 6.92 Å². The number of ether oxygens (including phenoxy) is 2. The summed E-state index contributed by atoms with van der Waals surface area (Å²) in [5.41, 5.74) is 2.99. The van der Waals surface area contributed by atoms with Gasteiger partial charge in [-0.25, -0.2) is 9.59 Å². The fourth-order valence-corrected chi connectivity index (χ4v) is 2.52. The summed E-state index contributed by atoms with van der Waals surface area (Å²) in [5.74, 6) is -1.05. The lowest BCUT2D eigenvalue weighted by Crippen LogP contribution is -2.09. The number of allylic oxidation sites excluding steroid dienone is 1. The Morgan fingerprint density at radius 2 is 1.87 bits per heavy atom. The van der Waals surface area contributed by atoms with Crippen LogP contribution in [-0.2, 0) is 25.5 Å². The molecule has 0 spiro atoms. The summed E-state index contributed by atoms with van der Waals surface area (Å²) in [7, 11) is 1.28. The van der Waals surface area contributed by atoms with E-state index in [4.69, 9.17) is 9.47 Å². The first kappa shape index (κ1) is 18.6. The lowest BCUT2D eigenvalue weighted by molar-refractivity contribution is -0.138. The van der Waals surface area contributed by atoms with E-state index < -0.39 is 11.9 Å². The zero-order chi connectivity index (χ0) is 17.6. The number of hydrogen-bond donors (Lipinski definition) is 0. The largest absolute Gasteiger partial charge is 0.465 e. The minimum Gasteiger partial charge on any atom is -0.465 e. The average Bonchev–Trinajstić information content (AvgIpc) is 2.97. The maximum Gasteiger partial charge on any atom is 0.338 e. The Balaban J connectivity index is 0.00000127. The van der Waals surface area contributed by atoms with E-state index in [2.05, 4.69) is 0 Å². The molecule has 23 heavy (non-hydrogen) atoms. The molecule has 0 atom stereocenters. The van der Waals surface area contributed by atoms with Crippen LogP contribution in [0.3, 0.4) is 0 Å². The number of rotatable bonds is 4. The highest BCUT2D eigenvalue weighted by atomic mass is 16.5. The molecule has 0 saturated carbocycles. The van der Waals surface area contributed by atoms with E-state index >= 15 is 0 Å². The first-order valence-electron chi connectivity index (χ1n) is 7.61. The molecule has 124 valence electrons. The van der Waals surface area contributed by atoms with Crippen LogP contribution in [0.5, 0.6) is 0 Å². The molecule has 0 heterocycles. The Labute approximate surface area is 136 Å². The van der Waals surface area contributed by atoms with Crippen molar-refractivity contribution in [3.05, 3.63) is 40.0 Å². The smallest absolute Gasteiger partial charge is 0.338 e. The molecule has 0 fully saturated rings. The molecule has 1 aromatic rings. The molecule has 0 radical (unpaired) electrons. The van der Waals surface area contributed by atoms with E-state index in [9.17, 15) is 14.4 Å². The van der Waals surface area contributed by atoms with Gasteiger partial charge < -0.3 is 9.47 Å². The minimum atomic E-state index is -0.532. The lowest BCUT2D eigenvalue weighted by atomic mass is 9.96. The predicted molar refractivity (Wildman–Crippen MR) is 87.2 cm³/mol. The van der Waals surface area contributed by atoms with Crippen LogP contribution in [0.2, 0.25) is 0 Å². The Morgan fingerprint density at radius 3 is 2.39 bits per heavy atom. The summed E-state index contributed by atoms with van der Waals surface area (Å²) >= 11 is 0. The van der Waals surface area contributed by atoms with Crippen LogP contribution in [-0.4, -0.2) is 31.9 Å². The van der Waals surface area contributed by atoms with Gasteiger partial charge in [0.15, 0.2) is 6.29 Å². The Bertz CT molecular complexity index is 656. The molecular weight excluding hydrogens is 296 g/mol. The van der Waals surface area contributed by atoms with Gasteiger partial charge >= 0.3 is 11.9 Å². The highest BCUT2D eigenvalue weighted by Gasteiger charge is 2.31. The quantitative estimate of drug-likeness (QED) is 0.630. The second-order valence-corrected chi connectivity index (χ2v) is 4.68. The Hall–Kier alpha value is -2.43. The molecule has 1 aliphatic carbocycles. The normalized spacial score (nSPS) is 12.0. The summed E-state index contributed by atoms with van der Waals surface area (Å²) in [5, 5.41) is 0. The first-order chi connectivity index (χ1) is 11.0. The summed E-state index contributed by atoms with van der Waals surface area (Å²) < 4.78 is 9.73. The van der Waals surface area contributed by atoms with Crippen molar-refractivity contribution in [1.29, 1.82) is 0 Å².